The Kier molecular flexibility index (Phi) is 4.17. The Balaban J connectivity index is 2.46. The zero-order valence-electron chi connectivity index (χ0n) is 12.7. The molecule has 0 spiro atoms. The van der Waals surface area contributed by atoms with Gasteiger partial charge in [-0.15, -0.1) is 0 Å². The van der Waals surface area contributed by atoms with Gasteiger partial charge in [0.25, 0.3) is 5.56 Å². The standard InChI is InChI=1S/C18H14Cl2FNO/c1-3-13-8-11-4-5-15(21)17(20)16(11)18(23)22(13)14-7-10(2)6-12(19)9-14/h4-9H,3H2,1-2H3. The largest absolute Gasteiger partial charge is 0.281 e. The van der Waals surface area contributed by atoms with Crippen LogP contribution in [-0.4, -0.2) is 4.57 Å². The Morgan fingerprint density at radius 2 is 1.87 bits per heavy atom. The van der Waals surface area contributed by atoms with Gasteiger partial charge in [-0.25, -0.2) is 4.39 Å². The van der Waals surface area contributed by atoms with Crippen LogP contribution in [0, 0.1) is 12.7 Å². The molecule has 5 heteroatoms. The molecule has 0 aliphatic carbocycles. The molecule has 3 rings (SSSR count). The monoisotopic (exact) mass is 349 g/mol. The Labute approximate surface area is 143 Å². The summed E-state index contributed by atoms with van der Waals surface area (Å²) in [6.45, 7) is 3.86. The van der Waals surface area contributed by atoms with E-state index in [1.807, 2.05) is 32.0 Å². The number of nitrogens with zero attached hydrogens (tertiary/aromatic N) is 1. The molecule has 0 saturated carbocycles. The van der Waals surface area contributed by atoms with Crippen LogP contribution in [0.1, 0.15) is 18.2 Å². The molecule has 1 aromatic heterocycles. The summed E-state index contributed by atoms with van der Waals surface area (Å²) in [4.78, 5) is 13.0. The van der Waals surface area contributed by atoms with Crippen molar-refractivity contribution in [3.63, 3.8) is 0 Å². The van der Waals surface area contributed by atoms with Gasteiger partial charge in [-0.2, -0.15) is 0 Å². The maximum Gasteiger partial charge on any atom is 0.264 e. The van der Waals surface area contributed by atoms with Gasteiger partial charge < -0.3 is 0 Å². The molecule has 118 valence electrons. The van der Waals surface area contributed by atoms with Crippen LogP contribution < -0.4 is 5.56 Å². The molecule has 23 heavy (non-hydrogen) atoms. The Bertz CT molecular complexity index is 959. The van der Waals surface area contributed by atoms with Crippen LogP contribution in [0.2, 0.25) is 10.0 Å². The lowest BCUT2D eigenvalue weighted by Gasteiger charge is -2.15. The van der Waals surface area contributed by atoms with Gasteiger partial charge in [0.1, 0.15) is 5.82 Å². The molecule has 0 aliphatic heterocycles. The summed E-state index contributed by atoms with van der Waals surface area (Å²) in [7, 11) is 0. The van der Waals surface area contributed by atoms with E-state index < -0.39 is 5.82 Å². The number of aryl methyl sites for hydroxylation is 2. The van der Waals surface area contributed by atoms with Gasteiger partial charge >= 0.3 is 0 Å². The van der Waals surface area contributed by atoms with E-state index in [1.54, 1.807) is 16.7 Å². The third-order valence-corrected chi connectivity index (χ3v) is 4.39. The normalized spacial score (nSPS) is 11.2. The molecule has 0 unspecified atom stereocenters. The number of fused-ring (bicyclic) bond motifs is 1. The number of pyridine rings is 1. The Morgan fingerprint density at radius 3 is 2.52 bits per heavy atom. The highest BCUT2D eigenvalue weighted by Crippen LogP contribution is 2.26. The highest BCUT2D eigenvalue weighted by molar-refractivity contribution is 6.35. The van der Waals surface area contributed by atoms with E-state index in [2.05, 4.69) is 0 Å². The summed E-state index contributed by atoms with van der Waals surface area (Å²) in [5.41, 5.74) is 2.06. The molecule has 0 bridgehead atoms. The number of hydrogen-bond acceptors (Lipinski definition) is 1. The summed E-state index contributed by atoms with van der Waals surface area (Å²) >= 11 is 12.2. The van der Waals surface area contributed by atoms with Gasteiger partial charge in [0.05, 0.1) is 16.1 Å². The smallest absolute Gasteiger partial charge is 0.264 e. The topological polar surface area (TPSA) is 22.0 Å². The van der Waals surface area contributed by atoms with Gasteiger partial charge in [0.2, 0.25) is 0 Å². The van der Waals surface area contributed by atoms with Crippen LogP contribution in [0.25, 0.3) is 16.5 Å². The lowest BCUT2D eigenvalue weighted by molar-refractivity contribution is 0.630. The first-order valence-corrected chi connectivity index (χ1v) is 7.98. The van der Waals surface area contributed by atoms with Crippen molar-refractivity contribution >= 4 is 34.0 Å². The summed E-state index contributed by atoms with van der Waals surface area (Å²) in [6, 6.07) is 10.1. The van der Waals surface area contributed by atoms with Crippen LogP contribution in [0.5, 0.6) is 0 Å². The Hall–Kier alpha value is -1.84. The predicted octanol–water partition coefficient (Wildman–Crippen LogP) is 5.31. The molecule has 0 saturated heterocycles. The molecule has 0 amide bonds. The average molecular weight is 350 g/mol. The predicted molar refractivity (Wildman–Crippen MR) is 93.6 cm³/mol. The van der Waals surface area contributed by atoms with E-state index in [1.165, 1.54) is 6.07 Å². The lowest BCUT2D eigenvalue weighted by Crippen LogP contribution is -2.22. The average Bonchev–Trinajstić information content (AvgIpc) is 2.49. The van der Waals surface area contributed by atoms with Crippen molar-refractivity contribution < 1.29 is 4.39 Å². The first-order chi connectivity index (χ1) is 10.9. The molecule has 2 aromatic carbocycles. The van der Waals surface area contributed by atoms with Crippen molar-refractivity contribution in [1.82, 2.24) is 4.57 Å². The van der Waals surface area contributed by atoms with Crippen LogP contribution in [0.4, 0.5) is 4.39 Å². The molecule has 0 radical (unpaired) electrons. The molecular weight excluding hydrogens is 336 g/mol. The van der Waals surface area contributed by atoms with Gasteiger partial charge in [-0.05, 0) is 54.6 Å². The minimum absolute atomic E-state index is 0.150. The summed E-state index contributed by atoms with van der Waals surface area (Å²) < 4.78 is 15.3. The highest BCUT2D eigenvalue weighted by atomic mass is 35.5. The first-order valence-electron chi connectivity index (χ1n) is 7.22. The second-order valence-electron chi connectivity index (χ2n) is 5.44. The van der Waals surface area contributed by atoms with Crippen LogP contribution >= 0.6 is 23.2 Å². The summed E-state index contributed by atoms with van der Waals surface area (Å²) in [6.07, 6.45) is 0.645. The van der Waals surface area contributed by atoms with E-state index in [0.29, 0.717) is 22.5 Å². The van der Waals surface area contributed by atoms with Crippen molar-refractivity contribution in [2.75, 3.05) is 0 Å². The van der Waals surface area contributed by atoms with E-state index in [0.717, 1.165) is 11.3 Å². The minimum atomic E-state index is -0.602. The number of benzene rings is 2. The third-order valence-electron chi connectivity index (χ3n) is 3.80. The van der Waals surface area contributed by atoms with E-state index in [-0.39, 0.29) is 16.0 Å². The van der Waals surface area contributed by atoms with Crippen molar-refractivity contribution in [3.05, 3.63) is 73.9 Å². The number of aromatic nitrogens is 1. The van der Waals surface area contributed by atoms with Crippen molar-refractivity contribution in [3.8, 4) is 5.69 Å². The molecule has 2 nitrogen and oxygen atoms in total. The first kappa shape index (κ1) is 16.0. The molecule has 0 atom stereocenters. The van der Waals surface area contributed by atoms with Gasteiger partial charge in [0.15, 0.2) is 0 Å². The zero-order chi connectivity index (χ0) is 16.7. The maximum atomic E-state index is 13.8. The van der Waals surface area contributed by atoms with Crippen molar-refractivity contribution in [2.45, 2.75) is 20.3 Å². The summed E-state index contributed by atoms with van der Waals surface area (Å²) in [5, 5.41) is 1.21. The lowest BCUT2D eigenvalue weighted by atomic mass is 10.1. The molecule has 0 N–H and O–H groups in total. The zero-order valence-corrected chi connectivity index (χ0v) is 14.2. The second kappa shape index (κ2) is 5.99. The fourth-order valence-electron chi connectivity index (χ4n) is 2.78. The van der Waals surface area contributed by atoms with Gasteiger partial charge in [0, 0.05) is 10.7 Å². The fraction of sp³-hybridized carbons (Fsp3) is 0.167. The molecule has 0 aliphatic rings. The third kappa shape index (κ3) is 2.75. The van der Waals surface area contributed by atoms with Crippen molar-refractivity contribution in [1.29, 1.82) is 0 Å². The minimum Gasteiger partial charge on any atom is -0.281 e. The molecular formula is C18H14Cl2FNO. The van der Waals surface area contributed by atoms with Crippen LogP contribution in [-0.2, 0) is 6.42 Å². The summed E-state index contributed by atoms with van der Waals surface area (Å²) in [5.74, 6) is -0.602. The highest BCUT2D eigenvalue weighted by Gasteiger charge is 2.15. The molecule has 0 fully saturated rings. The van der Waals surface area contributed by atoms with E-state index >= 15 is 0 Å². The van der Waals surface area contributed by atoms with Gasteiger partial charge in [-0.3, -0.25) is 9.36 Å². The van der Waals surface area contributed by atoms with Gasteiger partial charge in [-0.1, -0.05) is 36.2 Å². The molecule has 1 heterocycles. The van der Waals surface area contributed by atoms with Crippen LogP contribution in [0.3, 0.4) is 0 Å². The van der Waals surface area contributed by atoms with E-state index in [4.69, 9.17) is 23.2 Å². The molecule has 3 aromatic rings. The second-order valence-corrected chi connectivity index (χ2v) is 6.26. The van der Waals surface area contributed by atoms with E-state index in [9.17, 15) is 9.18 Å². The SMILES string of the molecule is CCc1cc2ccc(F)c(Cl)c2c(=O)n1-c1cc(C)cc(Cl)c1. The van der Waals surface area contributed by atoms with Crippen molar-refractivity contribution in [2.24, 2.45) is 0 Å². The number of halogens is 3. The number of rotatable bonds is 2. The quantitative estimate of drug-likeness (QED) is 0.614. The van der Waals surface area contributed by atoms with Crippen LogP contribution in [0.15, 0.2) is 41.2 Å². The number of hydrogen-bond donors (Lipinski definition) is 0. The fourth-order valence-corrected chi connectivity index (χ4v) is 3.32. The Morgan fingerprint density at radius 1 is 1.13 bits per heavy atom. The maximum absolute atomic E-state index is 13.8.